The molecule has 3 N–H and O–H groups in total. The van der Waals surface area contributed by atoms with Crippen LogP contribution in [0.5, 0.6) is 0 Å². The summed E-state index contributed by atoms with van der Waals surface area (Å²) in [4.78, 5) is 12.6. The molecule has 150 valence electrons. The monoisotopic (exact) mass is 397 g/mol. The summed E-state index contributed by atoms with van der Waals surface area (Å²) < 4.78 is 8.92. The normalized spacial score (nSPS) is 21.3. The van der Waals surface area contributed by atoms with Crippen molar-refractivity contribution in [2.75, 3.05) is 11.9 Å². The van der Waals surface area contributed by atoms with Crippen LogP contribution >= 0.6 is 0 Å². The second-order valence-electron chi connectivity index (χ2n) is 6.81. The van der Waals surface area contributed by atoms with E-state index in [1.54, 1.807) is 53.0 Å². The molecule has 1 amide bonds. The van der Waals surface area contributed by atoms with Gasteiger partial charge in [-0.1, -0.05) is 0 Å². The van der Waals surface area contributed by atoms with E-state index >= 15 is 0 Å². The van der Waals surface area contributed by atoms with Crippen molar-refractivity contribution in [3.63, 3.8) is 0 Å². The Bertz CT molecular complexity index is 1010. The van der Waals surface area contributed by atoms with Crippen molar-refractivity contribution in [2.24, 2.45) is 7.05 Å². The number of carbonyl (C=O) groups is 1. The third-order valence-electron chi connectivity index (χ3n) is 4.82. The minimum atomic E-state index is -0.738. The predicted molar refractivity (Wildman–Crippen MR) is 100 cm³/mol. The molecule has 1 saturated heterocycles. The van der Waals surface area contributed by atoms with E-state index in [0.29, 0.717) is 23.5 Å². The molecule has 0 bridgehead atoms. The van der Waals surface area contributed by atoms with E-state index in [1.807, 2.05) is 12.1 Å². The van der Waals surface area contributed by atoms with Crippen molar-refractivity contribution in [3.8, 4) is 11.4 Å². The molecule has 1 fully saturated rings. The van der Waals surface area contributed by atoms with E-state index in [1.165, 1.54) is 0 Å². The highest BCUT2D eigenvalue weighted by molar-refractivity contribution is 6.03. The van der Waals surface area contributed by atoms with Crippen LogP contribution in [0.3, 0.4) is 0 Å². The van der Waals surface area contributed by atoms with Gasteiger partial charge < -0.3 is 20.3 Å². The van der Waals surface area contributed by atoms with Crippen LogP contribution in [0, 0.1) is 0 Å². The Morgan fingerprint density at radius 1 is 1.34 bits per heavy atom. The lowest BCUT2D eigenvalue weighted by Crippen LogP contribution is -2.40. The van der Waals surface area contributed by atoms with Crippen LogP contribution in [0.1, 0.15) is 23.0 Å². The molecule has 29 heavy (non-hydrogen) atoms. The van der Waals surface area contributed by atoms with Gasteiger partial charge in [0.2, 0.25) is 0 Å². The number of aryl methyl sites for hydroxylation is 1. The summed E-state index contributed by atoms with van der Waals surface area (Å²) >= 11 is 0. The van der Waals surface area contributed by atoms with Crippen LogP contribution in [0.4, 0.5) is 5.69 Å². The minimum absolute atomic E-state index is 0.251. The van der Waals surface area contributed by atoms with Gasteiger partial charge in [0.25, 0.3) is 12.1 Å². The van der Waals surface area contributed by atoms with Crippen molar-refractivity contribution in [3.05, 3.63) is 54.4 Å². The molecule has 3 aromatic rings. The first kappa shape index (κ1) is 19.1. The number of aliphatic hydroxyl groups excluding tert-OH is 2. The number of rotatable bonds is 5. The summed E-state index contributed by atoms with van der Waals surface area (Å²) in [6.45, 7) is -0.251. The van der Waals surface area contributed by atoms with E-state index in [2.05, 4.69) is 20.8 Å². The number of pyridine rings is 1. The quantitative estimate of drug-likeness (QED) is 0.520. The molecule has 0 saturated carbocycles. The highest BCUT2D eigenvalue weighted by Crippen LogP contribution is 2.24. The largest absolute Gasteiger partial charge is 0.394 e. The summed E-state index contributed by atoms with van der Waals surface area (Å²) in [6.07, 6.45) is 1.97. The summed E-state index contributed by atoms with van der Waals surface area (Å²) in [7, 11) is 1.76. The van der Waals surface area contributed by atoms with Gasteiger partial charge in [0.1, 0.15) is 11.7 Å². The Labute approximate surface area is 166 Å². The third kappa shape index (κ3) is 3.99. The van der Waals surface area contributed by atoms with Crippen molar-refractivity contribution in [1.82, 2.24) is 20.2 Å². The Morgan fingerprint density at radius 3 is 2.79 bits per heavy atom. The average Bonchev–Trinajstić information content (AvgIpc) is 3.34. The predicted octanol–water partition coefficient (Wildman–Crippen LogP) is 0.0576. The van der Waals surface area contributed by atoms with Crippen LogP contribution in [0.15, 0.2) is 48.8 Å². The van der Waals surface area contributed by atoms with E-state index < -0.39 is 18.4 Å². The van der Waals surface area contributed by atoms with Crippen molar-refractivity contribution >= 4 is 11.6 Å². The van der Waals surface area contributed by atoms with Crippen LogP contribution in [-0.2, 0) is 11.8 Å². The first-order valence-electron chi connectivity index (χ1n) is 9.14. The van der Waals surface area contributed by atoms with Gasteiger partial charge >= 0.3 is 0 Å². The Balaban J connectivity index is 1.46. The van der Waals surface area contributed by atoms with Gasteiger partial charge in [0.15, 0.2) is 18.2 Å². The lowest BCUT2D eigenvalue weighted by atomic mass is 10.2. The molecular weight excluding hydrogens is 376 g/mol. The van der Waals surface area contributed by atoms with Gasteiger partial charge in [-0.05, 0) is 40.8 Å². The third-order valence-corrected chi connectivity index (χ3v) is 4.82. The molecule has 3 heterocycles. The molecule has 4 rings (SSSR count). The number of aromatic nitrogens is 5. The number of carbonyl (C=O) groups excluding carboxylic acids is 1. The fraction of sp³-hybridized carbons (Fsp3) is 0.316. The molecule has 1 aliphatic rings. The maximum absolute atomic E-state index is 12.6. The summed E-state index contributed by atoms with van der Waals surface area (Å²) in [6, 6.07) is 10.6. The zero-order chi connectivity index (χ0) is 20.4. The molecule has 2 aromatic heterocycles. The van der Waals surface area contributed by atoms with Gasteiger partial charge in [-0.3, -0.25) is 4.79 Å². The number of hydrogen-bond donors (Lipinski definition) is 3. The maximum atomic E-state index is 12.6. The first-order valence-corrected chi connectivity index (χ1v) is 9.14. The number of nitrogens with one attached hydrogen (secondary N) is 1. The van der Waals surface area contributed by atoms with Gasteiger partial charge in [0.05, 0.1) is 19.1 Å². The highest BCUT2D eigenvalue weighted by atomic mass is 16.5. The molecule has 10 nitrogen and oxygen atoms in total. The summed E-state index contributed by atoms with van der Waals surface area (Å²) in [5.74, 6) is 0.358. The molecule has 1 aliphatic heterocycles. The molecule has 0 aliphatic carbocycles. The SMILES string of the molecule is Cn1nnnc1-c1ccc(NC(=O)c2ccc[n+]([C@H]3C[C@H](O)[C@@H](CO)O3)c2)cc1. The number of amides is 1. The van der Waals surface area contributed by atoms with E-state index in [0.717, 1.165) is 5.56 Å². The van der Waals surface area contributed by atoms with Crippen LogP contribution in [0.2, 0.25) is 0 Å². The molecular formula is C19H21N6O4+. The maximum Gasteiger partial charge on any atom is 0.265 e. The second kappa shape index (κ2) is 8.03. The molecule has 3 atom stereocenters. The fourth-order valence-corrected chi connectivity index (χ4v) is 3.25. The molecule has 0 radical (unpaired) electrons. The first-order chi connectivity index (χ1) is 14.0. The Hall–Kier alpha value is -3.21. The number of aliphatic hydroxyl groups is 2. The van der Waals surface area contributed by atoms with Gasteiger partial charge in [0, 0.05) is 24.4 Å². The summed E-state index contributed by atoms with van der Waals surface area (Å²) in [5, 5.41) is 33.4. The van der Waals surface area contributed by atoms with Crippen molar-refractivity contribution in [1.29, 1.82) is 0 Å². The number of benzene rings is 1. The van der Waals surface area contributed by atoms with Gasteiger partial charge in [-0.25, -0.2) is 4.68 Å². The molecule has 10 heteroatoms. The molecule has 0 unspecified atom stereocenters. The standard InChI is InChI=1S/C19H20N6O4/c1-24-18(21-22-23-24)12-4-6-14(7-5-12)20-19(28)13-3-2-8-25(10-13)17-9-15(27)16(11-26)29-17/h2-8,10,15-17,26-27H,9,11H2,1H3/p+1/t15-,16+,17+/m0/s1. The van der Waals surface area contributed by atoms with E-state index in [-0.39, 0.29) is 12.5 Å². The highest BCUT2D eigenvalue weighted by Gasteiger charge is 2.39. The zero-order valence-corrected chi connectivity index (χ0v) is 15.7. The number of hydrogen-bond acceptors (Lipinski definition) is 7. The van der Waals surface area contributed by atoms with Crippen LogP contribution in [-0.4, -0.2) is 55.1 Å². The van der Waals surface area contributed by atoms with E-state index in [9.17, 15) is 15.0 Å². The minimum Gasteiger partial charge on any atom is -0.394 e. The lowest BCUT2D eigenvalue weighted by Gasteiger charge is -2.09. The lowest BCUT2D eigenvalue weighted by molar-refractivity contribution is -0.759. The van der Waals surface area contributed by atoms with Crippen LogP contribution < -0.4 is 9.88 Å². The molecule has 0 spiro atoms. The number of nitrogens with zero attached hydrogens (tertiary/aromatic N) is 5. The van der Waals surface area contributed by atoms with Gasteiger partial charge in [-0.15, -0.1) is 5.10 Å². The van der Waals surface area contributed by atoms with Crippen molar-refractivity contribution < 1.29 is 24.3 Å². The van der Waals surface area contributed by atoms with E-state index in [4.69, 9.17) is 4.74 Å². The smallest absolute Gasteiger partial charge is 0.265 e. The Morgan fingerprint density at radius 2 is 2.14 bits per heavy atom. The number of tetrazole rings is 1. The zero-order valence-electron chi connectivity index (χ0n) is 15.7. The number of anilines is 1. The fourth-order valence-electron chi connectivity index (χ4n) is 3.25. The second-order valence-corrected chi connectivity index (χ2v) is 6.81. The van der Waals surface area contributed by atoms with Gasteiger partial charge in [-0.2, -0.15) is 4.57 Å². The average molecular weight is 397 g/mol. The molecule has 1 aromatic carbocycles. The summed E-state index contributed by atoms with van der Waals surface area (Å²) in [5.41, 5.74) is 1.92. The van der Waals surface area contributed by atoms with Crippen LogP contribution in [0.25, 0.3) is 11.4 Å². The number of ether oxygens (including phenoxy) is 1. The van der Waals surface area contributed by atoms with Crippen molar-refractivity contribution in [2.45, 2.75) is 24.9 Å². The topological polar surface area (TPSA) is 126 Å². The Kier molecular flexibility index (Phi) is 5.30.